The molecule has 0 atom stereocenters. The number of thioether (sulfide) groups is 1. The molecule has 0 bridgehead atoms. The normalized spacial score (nSPS) is 11.4. The van der Waals surface area contributed by atoms with Crippen LogP contribution in [0.2, 0.25) is 0 Å². The van der Waals surface area contributed by atoms with E-state index in [1.165, 1.54) is 0 Å². The van der Waals surface area contributed by atoms with E-state index in [1.807, 2.05) is 49.4 Å². The van der Waals surface area contributed by atoms with Crippen molar-refractivity contribution < 1.29 is 19.7 Å². The minimum Gasteiger partial charge on any atom is -0.482 e. The summed E-state index contributed by atoms with van der Waals surface area (Å²) in [7, 11) is 0. The van der Waals surface area contributed by atoms with Crippen molar-refractivity contribution in [3.05, 3.63) is 64.1 Å². The summed E-state index contributed by atoms with van der Waals surface area (Å²) in [6.45, 7) is 1.53. The Balaban J connectivity index is 1.98. The number of hydrogen-bond donors (Lipinski definition) is 2. The third-order valence-electron chi connectivity index (χ3n) is 3.46. The Morgan fingerprint density at radius 3 is 2.56 bits per heavy atom. The molecular formula is C19H19BrO4S. The predicted molar refractivity (Wildman–Crippen MR) is 104 cm³/mol. The standard InChI is InChI=1S/C19H19BrO4S/c1-13-10-17(6-7-18(13)24-12-19(22)23)25-9-8-15(11-21)14-2-4-16(20)5-3-14/h2-8,10,21H,9,11-12H2,1H3,(H,22,23)/b15-8+. The fraction of sp³-hybridized carbons (Fsp3) is 0.211. The van der Waals surface area contributed by atoms with Gasteiger partial charge in [0.05, 0.1) is 6.61 Å². The zero-order chi connectivity index (χ0) is 18.2. The molecule has 2 N–H and O–H groups in total. The molecule has 25 heavy (non-hydrogen) atoms. The van der Waals surface area contributed by atoms with Gasteiger partial charge in [0.15, 0.2) is 6.61 Å². The molecule has 2 aromatic rings. The second-order valence-corrected chi connectivity index (χ2v) is 7.32. The van der Waals surface area contributed by atoms with E-state index in [4.69, 9.17) is 9.84 Å². The molecule has 0 heterocycles. The van der Waals surface area contributed by atoms with E-state index in [-0.39, 0.29) is 13.2 Å². The van der Waals surface area contributed by atoms with Crippen molar-refractivity contribution in [2.24, 2.45) is 0 Å². The third-order valence-corrected chi connectivity index (χ3v) is 4.91. The number of rotatable bonds is 8. The highest BCUT2D eigenvalue weighted by Gasteiger charge is 2.05. The van der Waals surface area contributed by atoms with Crippen LogP contribution in [0.4, 0.5) is 0 Å². The smallest absolute Gasteiger partial charge is 0.341 e. The largest absolute Gasteiger partial charge is 0.482 e. The van der Waals surface area contributed by atoms with Gasteiger partial charge in [0.2, 0.25) is 0 Å². The summed E-state index contributed by atoms with van der Waals surface area (Å²) in [6.07, 6.45) is 2.01. The van der Waals surface area contributed by atoms with Gasteiger partial charge in [-0.3, -0.25) is 0 Å². The molecule has 2 rings (SSSR count). The minimum atomic E-state index is -0.993. The first-order valence-corrected chi connectivity index (χ1v) is 9.41. The van der Waals surface area contributed by atoms with Crippen LogP contribution in [0.25, 0.3) is 5.57 Å². The lowest BCUT2D eigenvalue weighted by molar-refractivity contribution is -0.139. The number of aliphatic carboxylic acids is 1. The van der Waals surface area contributed by atoms with Crippen molar-refractivity contribution in [1.29, 1.82) is 0 Å². The Bertz CT molecular complexity index is 757. The fourth-order valence-corrected chi connectivity index (χ4v) is 3.35. The zero-order valence-electron chi connectivity index (χ0n) is 13.7. The SMILES string of the molecule is Cc1cc(SC/C=C(\CO)c2ccc(Br)cc2)ccc1OCC(=O)O. The Morgan fingerprint density at radius 2 is 1.96 bits per heavy atom. The van der Waals surface area contributed by atoms with Gasteiger partial charge >= 0.3 is 5.97 Å². The topological polar surface area (TPSA) is 66.8 Å². The molecule has 0 aliphatic rings. The molecule has 0 saturated carbocycles. The lowest BCUT2D eigenvalue weighted by Gasteiger charge is -2.09. The molecule has 0 amide bonds. The molecule has 0 spiro atoms. The average molecular weight is 423 g/mol. The van der Waals surface area contributed by atoms with E-state index in [2.05, 4.69) is 15.9 Å². The first-order chi connectivity index (χ1) is 12.0. The summed E-state index contributed by atoms with van der Waals surface area (Å²) in [5.41, 5.74) is 2.78. The number of benzene rings is 2. The van der Waals surface area contributed by atoms with Crippen molar-refractivity contribution in [3.63, 3.8) is 0 Å². The maximum Gasteiger partial charge on any atom is 0.341 e. The Kier molecular flexibility index (Phi) is 7.55. The van der Waals surface area contributed by atoms with E-state index in [0.29, 0.717) is 5.75 Å². The molecule has 0 aliphatic carbocycles. The van der Waals surface area contributed by atoms with Gasteiger partial charge in [-0.2, -0.15) is 0 Å². The highest BCUT2D eigenvalue weighted by molar-refractivity contribution is 9.10. The molecule has 0 aromatic heterocycles. The summed E-state index contributed by atoms with van der Waals surface area (Å²) in [5, 5.41) is 18.2. The second-order valence-electron chi connectivity index (χ2n) is 5.32. The number of hydrogen-bond acceptors (Lipinski definition) is 4. The number of aryl methyl sites for hydroxylation is 1. The Labute approximate surface area is 159 Å². The fourth-order valence-electron chi connectivity index (χ4n) is 2.19. The highest BCUT2D eigenvalue weighted by atomic mass is 79.9. The van der Waals surface area contributed by atoms with Crippen LogP contribution in [0.15, 0.2) is 57.9 Å². The molecule has 0 saturated heterocycles. The van der Waals surface area contributed by atoms with E-state index in [9.17, 15) is 9.90 Å². The van der Waals surface area contributed by atoms with Gasteiger partial charge in [-0.15, -0.1) is 11.8 Å². The van der Waals surface area contributed by atoms with Crippen LogP contribution in [-0.4, -0.2) is 35.1 Å². The summed E-state index contributed by atoms with van der Waals surface area (Å²) >= 11 is 5.04. The maximum absolute atomic E-state index is 10.6. The van der Waals surface area contributed by atoms with Crippen LogP contribution in [0.5, 0.6) is 5.75 Å². The number of aliphatic hydroxyl groups excluding tert-OH is 1. The van der Waals surface area contributed by atoms with Gasteiger partial charge in [-0.25, -0.2) is 4.79 Å². The van der Waals surface area contributed by atoms with E-state index in [1.54, 1.807) is 17.8 Å². The third kappa shape index (κ3) is 6.23. The van der Waals surface area contributed by atoms with Crippen LogP contribution in [0.3, 0.4) is 0 Å². The molecule has 132 valence electrons. The highest BCUT2D eigenvalue weighted by Crippen LogP contribution is 2.27. The molecule has 4 nitrogen and oxygen atoms in total. The average Bonchev–Trinajstić information content (AvgIpc) is 2.59. The van der Waals surface area contributed by atoms with Crippen molar-refractivity contribution in [2.75, 3.05) is 19.0 Å². The summed E-state index contributed by atoms with van der Waals surface area (Å²) < 4.78 is 6.23. The predicted octanol–water partition coefficient (Wildman–Crippen LogP) is 4.39. The van der Waals surface area contributed by atoms with E-state index < -0.39 is 5.97 Å². The van der Waals surface area contributed by atoms with Gasteiger partial charge in [0, 0.05) is 15.1 Å². The Hall–Kier alpha value is -1.76. The van der Waals surface area contributed by atoms with Crippen molar-refractivity contribution in [2.45, 2.75) is 11.8 Å². The van der Waals surface area contributed by atoms with Gasteiger partial charge in [-0.05, 0) is 54.0 Å². The van der Waals surface area contributed by atoms with Crippen molar-refractivity contribution in [1.82, 2.24) is 0 Å². The first-order valence-electron chi connectivity index (χ1n) is 7.63. The van der Waals surface area contributed by atoms with Crippen LogP contribution in [0.1, 0.15) is 11.1 Å². The molecular weight excluding hydrogens is 404 g/mol. The minimum absolute atomic E-state index is 0.0107. The van der Waals surface area contributed by atoms with Crippen LogP contribution < -0.4 is 4.74 Å². The lowest BCUT2D eigenvalue weighted by atomic mass is 10.1. The summed E-state index contributed by atoms with van der Waals surface area (Å²) in [6, 6.07) is 13.5. The quantitative estimate of drug-likeness (QED) is 0.617. The monoisotopic (exact) mass is 422 g/mol. The zero-order valence-corrected chi connectivity index (χ0v) is 16.1. The second kappa shape index (κ2) is 9.65. The number of carboxylic acids is 1. The van der Waals surface area contributed by atoms with Crippen LogP contribution >= 0.6 is 27.7 Å². The maximum atomic E-state index is 10.6. The van der Waals surface area contributed by atoms with Crippen molar-refractivity contribution in [3.8, 4) is 5.75 Å². The number of ether oxygens (including phenoxy) is 1. The van der Waals surface area contributed by atoms with Gasteiger partial charge in [0.1, 0.15) is 5.75 Å². The van der Waals surface area contributed by atoms with Crippen LogP contribution in [0, 0.1) is 6.92 Å². The van der Waals surface area contributed by atoms with E-state index >= 15 is 0 Å². The molecule has 2 aromatic carbocycles. The number of carbonyl (C=O) groups is 1. The molecule has 6 heteroatoms. The van der Waals surface area contributed by atoms with E-state index in [0.717, 1.165) is 31.8 Å². The van der Waals surface area contributed by atoms with Crippen LogP contribution in [-0.2, 0) is 4.79 Å². The summed E-state index contributed by atoms with van der Waals surface area (Å²) in [5.74, 6) is 0.307. The van der Waals surface area contributed by atoms with Crippen molar-refractivity contribution >= 4 is 39.2 Å². The molecule has 0 fully saturated rings. The number of halogens is 1. The molecule has 0 aliphatic heterocycles. The number of aliphatic hydroxyl groups is 1. The Morgan fingerprint density at radius 1 is 1.24 bits per heavy atom. The summed E-state index contributed by atoms with van der Waals surface area (Å²) in [4.78, 5) is 11.6. The molecule has 0 radical (unpaired) electrons. The van der Waals surface area contributed by atoms with Gasteiger partial charge < -0.3 is 14.9 Å². The lowest BCUT2D eigenvalue weighted by Crippen LogP contribution is -2.09. The molecule has 0 unspecified atom stereocenters. The van der Waals surface area contributed by atoms with Gasteiger partial charge in [-0.1, -0.05) is 34.1 Å². The first kappa shape index (κ1) is 19.6. The number of carboxylic acid groups (broad SMARTS) is 1. The van der Waals surface area contributed by atoms with Gasteiger partial charge in [0.25, 0.3) is 0 Å².